The Hall–Kier alpha value is -0.750. The highest BCUT2D eigenvalue weighted by molar-refractivity contribution is 9.08. The van der Waals surface area contributed by atoms with Crippen LogP contribution < -0.4 is 5.73 Å². The summed E-state index contributed by atoms with van der Waals surface area (Å²) in [5, 5.41) is 9.16. The van der Waals surface area contributed by atoms with Crippen LogP contribution >= 0.6 is 15.9 Å². The van der Waals surface area contributed by atoms with Gasteiger partial charge in [-0.3, -0.25) is 0 Å². The predicted molar refractivity (Wildman–Crippen MR) is 52.2 cm³/mol. The van der Waals surface area contributed by atoms with E-state index < -0.39 is 6.43 Å². The molecule has 0 spiro atoms. The summed E-state index contributed by atoms with van der Waals surface area (Å²) in [4.78, 5) is 3.67. The van der Waals surface area contributed by atoms with Crippen LogP contribution in [-0.2, 0) is 11.9 Å². The molecule has 6 heteroatoms. The monoisotopic (exact) mass is 266 g/mol. The SMILES string of the molecule is Nc1c(CO)cc(C(F)F)nc1CBr. The number of rotatable bonds is 3. The molecular formula is C8H9BrF2N2O. The molecule has 0 aliphatic rings. The summed E-state index contributed by atoms with van der Waals surface area (Å²) in [6.45, 7) is -0.367. The van der Waals surface area contributed by atoms with Gasteiger partial charge in [0.2, 0.25) is 0 Å². The number of pyridine rings is 1. The molecule has 0 amide bonds. The number of aromatic nitrogens is 1. The number of hydrogen-bond acceptors (Lipinski definition) is 3. The van der Waals surface area contributed by atoms with Gasteiger partial charge in [-0.15, -0.1) is 0 Å². The highest BCUT2D eigenvalue weighted by Crippen LogP contribution is 2.24. The number of anilines is 1. The summed E-state index contributed by atoms with van der Waals surface area (Å²) in [5.74, 6) is 0. The second-order valence-corrected chi connectivity index (χ2v) is 3.22. The van der Waals surface area contributed by atoms with E-state index >= 15 is 0 Å². The Bertz CT molecular complexity index is 308. The van der Waals surface area contributed by atoms with E-state index in [-0.39, 0.29) is 28.9 Å². The third-order valence-corrected chi connectivity index (χ3v) is 2.29. The smallest absolute Gasteiger partial charge is 0.280 e. The number of nitrogen functional groups attached to an aromatic ring is 1. The molecule has 1 rings (SSSR count). The largest absolute Gasteiger partial charge is 0.397 e. The summed E-state index contributed by atoms with van der Waals surface area (Å²) < 4.78 is 24.7. The summed E-state index contributed by atoms with van der Waals surface area (Å²) in [6.07, 6.45) is -2.65. The van der Waals surface area contributed by atoms with Crippen molar-refractivity contribution in [3.8, 4) is 0 Å². The van der Waals surface area contributed by atoms with E-state index in [1.165, 1.54) is 0 Å². The van der Waals surface area contributed by atoms with Gasteiger partial charge < -0.3 is 10.8 Å². The van der Waals surface area contributed by atoms with Crippen LogP contribution in [0, 0.1) is 0 Å². The molecule has 0 aliphatic carbocycles. The lowest BCUT2D eigenvalue weighted by molar-refractivity contribution is 0.145. The molecular weight excluding hydrogens is 258 g/mol. The third-order valence-electron chi connectivity index (χ3n) is 1.76. The Morgan fingerprint density at radius 2 is 2.21 bits per heavy atom. The number of nitrogens with zero attached hydrogens (tertiary/aromatic N) is 1. The van der Waals surface area contributed by atoms with E-state index in [9.17, 15) is 8.78 Å². The van der Waals surface area contributed by atoms with Crippen molar-refractivity contribution in [2.75, 3.05) is 5.73 Å². The van der Waals surface area contributed by atoms with Crippen molar-refractivity contribution in [1.82, 2.24) is 4.98 Å². The number of aliphatic hydroxyl groups excluding tert-OH is 1. The van der Waals surface area contributed by atoms with Gasteiger partial charge in [-0.2, -0.15) is 0 Å². The molecule has 3 N–H and O–H groups in total. The highest BCUT2D eigenvalue weighted by atomic mass is 79.9. The maximum atomic E-state index is 12.3. The molecule has 3 nitrogen and oxygen atoms in total. The van der Waals surface area contributed by atoms with Gasteiger partial charge in [0.1, 0.15) is 5.69 Å². The molecule has 0 unspecified atom stereocenters. The fraction of sp³-hybridized carbons (Fsp3) is 0.375. The first-order valence-electron chi connectivity index (χ1n) is 3.83. The minimum Gasteiger partial charge on any atom is -0.397 e. The van der Waals surface area contributed by atoms with E-state index in [2.05, 4.69) is 20.9 Å². The van der Waals surface area contributed by atoms with E-state index in [0.29, 0.717) is 5.69 Å². The summed E-state index contributed by atoms with van der Waals surface area (Å²) >= 11 is 3.09. The molecule has 0 bridgehead atoms. The molecule has 0 aliphatic heterocycles. The first kappa shape index (κ1) is 11.3. The molecule has 1 aromatic heterocycles. The fourth-order valence-corrected chi connectivity index (χ4v) is 1.46. The van der Waals surface area contributed by atoms with Crippen LogP contribution in [0.2, 0.25) is 0 Å². The highest BCUT2D eigenvalue weighted by Gasteiger charge is 2.14. The van der Waals surface area contributed by atoms with Crippen molar-refractivity contribution < 1.29 is 13.9 Å². The fourth-order valence-electron chi connectivity index (χ4n) is 1.03. The van der Waals surface area contributed by atoms with Crippen molar-refractivity contribution in [1.29, 1.82) is 0 Å². The van der Waals surface area contributed by atoms with Crippen LogP contribution in [-0.4, -0.2) is 10.1 Å². The van der Waals surface area contributed by atoms with Crippen molar-refractivity contribution in [2.24, 2.45) is 0 Å². The average molecular weight is 267 g/mol. The van der Waals surface area contributed by atoms with Crippen molar-refractivity contribution in [2.45, 2.75) is 18.4 Å². The van der Waals surface area contributed by atoms with Gasteiger partial charge in [-0.1, -0.05) is 15.9 Å². The van der Waals surface area contributed by atoms with E-state index in [1.807, 2.05) is 0 Å². The molecule has 1 aromatic rings. The Labute approximate surface area is 88.1 Å². The van der Waals surface area contributed by atoms with Crippen molar-refractivity contribution >= 4 is 21.6 Å². The minimum absolute atomic E-state index is 0.258. The number of alkyl halides is 3. The molecule has 14 heavy (non-hydrogen) atoms. The number of nitrogens with two attached hydrogens (primary N) is 1. The van der Waals surface area contributed by atoms with Gasteiger partial charge >= 0.3 is 0 Å². The first-order chi connectivity index (χ1) is 6.60. The zero-order valence-electron chi connectivity index (χ0n) is 7.17. The normalized spacial score (nSPS) is 10.9. The lowest BCUT2D eigenvalue weighted by Gasteiger charge is -2.09. The maximum absolute atomic E-state index is 12.3. The zero-order valence-corrected chi connectivity index (χ0v) is 8.76. The summed E-state index contributed by atoms with van der Waals surface area (Å²) in [5.41, 5.74) is 6.08. The zero-order chi connectivity index (χ0) is 10.7. The third kappa shape index (κ3) is 2.19. The quantitative estimate of drug-likeness (QED) is 0.823. The standard InChI is InChI=1S/C8H9BrF2N2O/c9-2-6-7(12)4(3-14)1-5(13-6)8(10)11/h1,8,14H,2-3,12H2. The molecule has 0 aromatic carbocycles. The van der Waals surface area contributed by atoms with E-state index in [0.717, 1.165) is 6.07 Å². The summed E-state index contributed by atoms with van der Waals surface area (Å²) in [7, 11) is 0. The number of halogens is 3. The Morgan fingerprint density at radius 3 is 2.64 bits per heavy atom. The maximum Gasteiger partial charge on any atom is 0.280 e. The van der Waals surface area contributed by atoms with Gasteiger partial charge in [-0.25, -0.2) is 13.8 Å². The number of aliphatic hydroxyl groups is 1. The average Bonchev–Trinajstić information content (AvgIpc) is 2.17. The van der Waals surface area contributed by atoms with Gasteiger partial charge in [0, 0.05) is 10.9 Å². The van der Waals surface area contributed by atoms with Gasteiger partial charge in [0.05, 0.1) is 18.0 Å². The molecule has 0 atom stereocenters. The van der Waals surface area contributed by atoms with Crippen molar-refractivity contribution in [3.05, 3.63) is 23.0 Å². The first-order valence-corrected chi connectivity index (χ1v) is 4.95. The topological polar surface area (TPSA) is 59.1 Å². The van der Waals surface area contributed by atoms with Crippen molar-refractivity contribution in [3.63, 3.8) is 0 Å². The van der Waals surface area contributed by atoms with Gasteiger partial charge in [-0.05, 0) is 6.07 Å². The lowest BCUT2D eigenvalue weighted by Crippen LogP contribution is -2.05. The van der Waals surface area contributed by atoms with Crippen LogP contribution in [0.15, 0.2) is 6.07 Å². The Kier molecular flexibility index (Phi) is 3.77. The van der Waals surface area contributed by atoms with E-state index in [1.54, 1.807) is 0 Å². The number of hydrogen-bond donors (Lipinski definition) is 2. The van der Waals surface area contributed by atoms with E-state index in [4.69, 9.17) is 10.8 Å². The molecule has 0 radical (unpaired) electrons. The van der Waals surface area contributed by atoms with Crippen LogP contribution in [0.1, 0.15) is 23.4 Å². The van der Waals surface area contributed by atoms with Crippen LogP contribution in [0.3, 0.4) is 0 Å². The van der Waals surface area contributed by atoms with Gasteiger partial charge in [0.25, 0.3) is 6.43 Å². The van der Waals surface area contributed by atoms with Gasteiger partial charge in [0.15, 0.2) is 0 Å². The predicted octanol–water partition coefficient (Wildman–Crippen LogP) is 1.99. The Morgan fingerprint density at radius 1 is 1.57 bits per heavy atom. The minimum atomic E-state index is -2.65. The Balaban J connectivity index is 3.25. The second-order valence-electron chi connectivity index (χ2n) is 2.66. The molecule has 78 valence electrons. The summed E-state index contributed by atoms with van der Waals surface area (Å²) in [6, 6.07) is 1.12. The second kappa shape index (κ2) is 4.65. The van der Waals surface area contributed by atoms with Crippen LogP contribution in [0.25, 0.3) is 0 Å². The lowest BCUT2D eigenvalue weighted by atomic mass is 10.1. The molecule has 1 heterocycles. The molecule has 0 fully saturated rings. The van der Waals surface area contributed by atoms with Crippen LogP contribution in [0.4, 0.5) is 14.5 Å². The van der Waals surface area contributed by atoms with Crippen LogP contribution in [0.5, 0.6) is 0 Å². The molecule has 0 saturated heterocycles. The molecule has 0 saturated carbocycles.